The summed E-state index contributed by atoms with van der Waals surface area (Å²) >= 11 is 9.35. The van der Waals surface area contributed by atoms with Gasteiger partial charge in [-0.3, -0.25) is 0 Å². The number of hydrogen-bond acceptors (Lipinski definition) is 1. The van der Waals surface area contributed by atoms with Gasteiger partial charge in [-0.25, -0.2) is 0 Å². The van der Waals surface area contributed by atoms with Gasteiger partial charge >= 0.3 is 0 Å². The van der Waals surface area contributed by atoms with E-state index in [2.05, 4.69) is 15.9 Å². The normalized spacial score (nSPS) is 17.8. The second-order valence-electron chi connectivity index (χ2n) is 4.63. The maximum absolute atomic E-state index is 6.08. The first-order valence-corrected chi connectivity index (χ1v) is 7.63. The molecule has 0 amide bonds. The second-order valence-corrected chi connectivity index (χ2v) is 5.75. The molecule has 3 heteroatoms. The van der Waals surface area contributed by atoms with Crippen LogP contribution in [-0.2, 0) is 5.88 Å². The monoisotopic (exact) mass is 316 g/mol. The molecule has 1 aliphatic rings. The molecule has 0 radical (unpaired) electrons. The SMILES string of the molecule is ClCc1ccc(OC2CCCCCC2)c(Br)c1. The van der Waals surface area contributed by atoms with Crippen LogP contribution in [0.1, 0.15) is 44.1 Å². The van der Waals surface area contributed by atoms with Crippen molar-refractivity contribution in [2.45, 2.75) is 50.5 Å². The summed E-state index contributed by atoms with van der Waals surface area (Å²) in [5.74, 6) is 1.49. The summed E-state index contributed by atoms with van der Waals surface area (Å²) in [4.78, 5) is 0. The molecule has 0 aliphatic heterocycles. The summed E-state index contributed by atoms with van der Waals surface area (Å²) in [6.45, 7) is 0. The molecular weight excluding hydrogens is 300 g/mol. The van der Waals surface area contributed by atoms with Crippen LogP contribution in [0.15, 0.2) is 22.7 Å². The maximum Gasteiger partial charge on any atom is 0.133 e. The fourth-order valence-electron chi connectivity index (χ4n) is 2.26. The molecule has 1 aromatic carbocycles. The van der Waals surface area contributed by atoms with Gasteiger partial charge in [0.1, 0.15) is 5.75 Å². The third kappa shape index (κ3) is 3.89. The lowest BCUT2D eigenvalue weighted by Gasteiger charge is -2.18. The highest BCUT2D eigenvalue weighted by molar-refractivity contribution is 9.10. The van der Waals surface area contributed by atoms with Crippen LogP contribution in [0.5, 0.6) is 5.75 Å². The van der Waals surface area contributed by atoms with Gasteiger partial charge in [-0.15, -0.1) is 11.6 Å². The van der Waals surface area contributed by atoms with Crippen LogP contribution < -0.4 is 4.74 Å². The van der Waals surface area contributed by atoms with E-state index in [1.807, 2.05) is 18.2 Å². The van der Waals surface area contributed by atoms with Gasteiger partial charge in [-0.05, 0) is 59.3 Å². The average Bonchev–Trinajstić information content (AvgIpc) is 2.60. The van der Waals surface area contributed by atoms with E-state index in [4.69, 9.17) is 16.3 Å². The Kier molecular flexibility index (Phi) is 5.17. The van der Waals surface area contributed by atoms with Crippen LogP contribution in [-0.4, -0.2) is 6.10 Å². The lowest BCUT2D eigenvalue weighted by molar-refractivity contribution is 0.182. The molecule has 0 heterocycles. The molecule has 0 saturated heterocycles. The zero-order valence-electron chi connectivity index (χ0n) is 9.92. The highest BCUT2D eigenvalue weighted by atomic mass is 79.9. The maximum atomic E-state index is 6.08. The zero-order valence-corrected chi connectivity index (χ0v) is 12.3. The Hall–Kier alpha value is -0.210. The topological polar surface area (TPSA) is 9.23 Å². The van der Waals surface area contributed by atoms with Gasteiger partial charge in [-0.2, -0.15) is 0 Å². The molecule has 1 aromatic rings. The van der Waals surface area contributed by atoms with Gasteiger partial charge in [0.15, 0.2) is 0 Å². The first-order valence-electron chi connectivity index (χ1n) is 6.30. The molecule has 1 saturated carbocycles. The fourth-order valence-corrected chi connectivity index (χ4v) is 2.95. The summed E-state index contributed by atoms with van der Waals surface area (Å²) in [6.07, 6.45) is 8.05. The molecule has 0 atom stereocenters. The predicted molar refractivity (Wildman–Crippen MR) is 75.8 cm³/mol. The van der Waals surface area contributed by atoms with Crippen molar-refractivity contribution in [3.63, 3.8) is 0 Å². The van der Waals surface area contributed by atoms with E-state index in [9.17, 15) is 0 Å². The molecule has 0 bridgehead atoms. The van der Waals surface area contributed by atoms with Crippen LogP contribution in [0.25, 0.3) is 0 Å². The first kappa shape index (κ1) is 13.2. The van der Waals surface area contributed by atoms with Gasteiger partial charge in [0.25, 0.3) is 0 Å². The van der Waals surface area contributed by atoms with E-state index in [1.54, 1.807) is 0 Å². The Balaban J connectivity index is 2.01. The third-order valence-corrected chi connectivity index (χ3v) is 4.17. The Bertz CT molecular complexity index is 359. The summed E-state index contributed by atoms with van der Waals surface area (Å²) in [7, 11) is 0. The number of halogens is 2. The zero-order chi connectivity index (χ0) is 12.1. The van der Waals surface area contributed by atoms with Crippen LogP contribution in [0.3, 0.4) is 0 Å². The largest absolute Gasteiger partial charge is 0.489 e. The van der Waals surface area contributed by atoms with E-state index in [0.717, 1.165) is 15.8 Å². The summed E-state index contributed by atoms with van der Waals surface area (Å²) in [6, 6.07) is 6.09. The molecule has 1 nitrogen and oxygen atoms in total. The quantitative estimate of drug-likeness (QED) is 0.543. The number of ether oxygens (including phenoxy) is 1. The van der Waals surface area contributed by atoms with Crippen molar-refractivity contribution in [3.05, 3.63) is 28.2 Å². The summed E-state index contributed by atoms with van der Waals surface area (Å²) in [5.41, 5.74) is 1.12. The molecule has 0 N–H and O–H groups in total. The minimum atomic E-state index is 0.385. The smallest absolute Gasteiger partial charge is 0.133 e. The number of alkyl halides is 1. The van der Waals surface area contributed by atoms with Crippen LogP contribution in [0.4, 0.5) is 0 Å². The number of benzene rings is 1. The van der Waals surface area contributed by atoms with Crippen molar-refractivity contribution in [1.82, 2.24) is 0 Å². The Labute approximate surface area is 117 Å². The van der Waals surface area contributed by atoms with Crippen molar-refractivity contribution < 1.29 is 4.74 Å². The molecule has 94 valence electrons. The molecule has 0 aromatic heterocycles. The minimum Gasteiger partial charge on any atom is -0.489 e. The molecule has 0 unspecified atom stereocenters. The molecule has 1 fully saturated rings. The summed E-state index contributed by atoms with van der Waals surface area (Å²) in [5, 5.41) is 0. The van der Waals surface area contributed by atoms with Crippen LogP contribution in [0, 0.1) is 0 Å². The standard InChI is InChI=1S/C14H18BrClO/c15-13-9-11(10-16)7-8-14(13)17-12-5-3-1-2-4-6-12/h7-9,12H,1-6,10H2. The molecule has 1 aliphatic carbocycles. The Morgan fingerprint density at radius 3 is 2.47 bits per heavy atom. The van der Waals surface area contributed by atoms with E-state index in [0.29, 0.717) is 12.0 Å². The molecule has 0 spiro atoms. The number of rotatable bonds is 3. The van der Waals surface area contributed by atoms with Gasteiger partial charge in [0.2, 0.25) is 0 Å². The predicted octanol–water partition coefficient (Wildman–Crippen LogP) is 5.29. The minimum absolute atomic E-state index is 0.385. The van der Waals surface area contributed by atoms with Gasteiger partial charge in [0.05, 0.1) is 10.6 Å². The second kappa shape index (κ2) is 6.65. The summed E-state index contributed by atoms with van der Waals surface area (Å²) < 4.78 is 7.09. The van der Waals surface area contributed by atoms with Crippen molar-refractivity contribution in [2.75, 3.05) is 0 Å². The lowest BCUT2D eigenvalue weighted by Crippen LogP contribution is -2.15. The van der Waals surface area contributed by atoms with Crippen molar-refractivity contribution in [1.29, 1.82) is 0 Å². The average molecular weight is 318 g/mol. The Morgan fingerprint density at radius 1 is 1.18 bits per heavy atom. The molecule has 2 rings (SSSR count). The highest BCUT2D eigenvalue weighted by Gasteiger charge is 2.15. The third-order valence-electron chi connectivity index (χ3n) is 3.25. The lowest BCUT2D eigenvalue weighted by atomic mass is 10.1. The van der Waals surface area contributed by atoms with Gasteiger partial charge in [0, 0.05) is 5.88 Å². The van der Waals surface area contributed by atoms with E-state index in [1.165, 1.54) is 38.5 Å². The van der Waals surface area contributed by atoms with Crippen molar-refractivity contribution >= 4 is 27.5 Å². The van der Waals surface area contributed by atoms with E-state index in [-0.39, 0.29) is 0 Å². The highest BCUT2D eigenvalue weighted by Crippen LogP contribution is 2.30. The van der Waals surface area contributed by atoms with E-state index >= 15 is 0 Å². The van der Waals surface area contributed by atoms with Crippen LogP contribution >= 0.6 is 27.5 Å². The van der Waals surface area contributed by atoms with Crippen LogP contribution in [0.2, 0.25) is 0 Å². The van der Waals surface area contributed by atoms with Gasteiger partial charge < -0.3 is 4.74 Å². The number of hydrogen-bond donors (Lipinski definition) is 0. The van der Waals surface area contributed by atoms with Crippen molar-refractivity contribution in [3.8, 4) is 5.75 Å². The van der Waals surface area contributed by atoms with Crippen molar-refractivity contribution in [2.24, 2.45) is 0 Å². The fraction of sp³-hybridized carbons (Fsp3) is 0.571. The Morgan fingerprint density at radius 2 is 1.88 bits per heavy atom. The first-order chi connectivity index (χ1) is 8.29. The van der Waals surface area contributed by atoms with E-state index < -0.39 is 0 Å². The molecule has 17 heavy (non-hydrogen) atoms. The molecular formula is C14H18BrClO. The van der Waals surface area contributed by atoms with Gasteiger partial charge in [-0.1, -0.05) is 18.9 Å².